The number of benzene rings is 1. The molecule has 0 aliphatic heterocycles. The van der Waals surface area contributed by atoms with E-state index >= 15 is 0 Å². The molecule has 0 aromatic heterocycles. The van der Waals surface area contributed by atoms with Crippen LogP contribution in [0.5, 0.6) is 0 Å². The fraction of sp³-hybridized carbons (Fsp3) is 0. The van der Waals surface area contributed by atoms with Crippen molar-refractivity contribution in [1.29, 1.82) is 0 Å². The topological polar surface area (TPSA) is 73.5 Å². The van der Waals surface area contributed by atoms with Gasteiger partial charge in [-0.2, -0.15) is 4.91 Å². The highest BCUT2D eigenvalue weighted by molar-refractivity contribution is 6.32. The van der Waals surface area contributed by atoms with E-state index in [0.717, 1.165) is 0 Å². The van der Waals surface area contributed by atoms with Crippen LogP contribution in [0.1, 0.15) is 0 Å². The molecule has 0 radical (unpaired) electrons. The first-order valence-corrected chi connectivity index (χ1v) is 3.42. The zero-order valence-electron chi connectivity index (χ0n) is 5.92. The predicted octanol–water partition coefficient (Wildman–Crippen LogP) is 3.65. The normalized spacial score (nSPS) is 9.75. The lowest BCUT2D eigenvalue weighted by atomic mass is 10.3. The van der Waals surface area contributed by atoms with Crippen molar-refractivity contribution in [2.45, 2.75) is 0 Å². The second-order valence-corrected chi connectivity index (χ2v) is 2.23. The molecule has 1 rings (SSSR count). The summed E-state index contributed by atoms with van der Waals surface area (Å²) in [6.45, 7) is 0. The van der Waals surface area contributed by atoms with Gasteiger partial charge in [0, 0.05) is 0 Å². The highest BCUT2D eigenvalue weighted by atomic mass is 35.5. The number of halogens is 1. The minimum Gasteiger partial charge on any atom is -0.163 e. The van der Waals surface area contributed by atoms with Crippen LogP contribution < -0.4 is 0 Å². The molecule has 12 heavy (non-hydrogen) atoms. The third-order valence-corrected chi connectivity index (χ3v) is 1.40. The lowest BCUT2D eigenvalue weighted by Crippen LogP contribution is -1.64. The monoisotopic (exact) mass is 181 g/mol. The van der Waals surface area contributed by atoms with Gasteiger partial charge in [0.05, 0.1) is 10.2 Å². The second-order valence-electron chi connectivity index (χ2n) is 1.82. The van der Waals surface area contributed by atoms with E-state index in [0.29, 0.717) is 10.7 Å². The SMILES string of the molecule is [N-]=[N+]=NN=Nc1ccccc1Cl. The molecule has 0 heterocycles. The predicted molar refractivity (Wildman–Crippen MR) is 45.1 cm³/mol. The first kappa shape index (κ1) is 8.52. The van der Waals surface area contributed by atoms with Crippen LogP contribution in [0.25, 0.3) is 10.4 Å². The molecule has 0 bridgehead atoms. The Labute approximate surface area is 73.3 Å². The molecule has 0 saturated heterocycles. The van der Waals surface area contributed by atoms with Crippen LogP contribution in [-0.4, -0.2) is 0 Å². The Hall–Kier alpha value is -1.58. The molecule has 0 N–H and O–H groups in total. The first-order valence-electron chi connectivity index (χ1n) is 3.04. The van der Waals surface area contributed by atoms with E-state index in [2.05, 4.69) is 20.5 Å². The molecule has 0 amide bonds. The van der Waals surface area contributed by atoms with Gasteiger partial charge in [-0.15, -0.1) is 5.53 Å². The lowest BCUT2D eigenvalue weighted by molar-refractivity contribution is 1.04. The standard InChI is InChI=1S/C6H4ClN5/c7-5-3-1-2-4-6(5)9-11-12-10-8/h1-4H. The molecule has 1 aromatic rings. The van der Waals surface area contributed by atoms with E-state index in [1.165, 1.54) is 0 Å². The van der Waals surface area contributed by atoms with Crippen LogP contribution >= 0.6 is 11.6 Å². The van der Waals surface area contributed by atoms with Crippen molar-refractivity contribution in [1.82, 2.24) is 0 Å². The Morgan fingerprint density at radius 2 is 2.08 bits per heavy atom. The van der Waals surface area contributed by atoms with Gasteiger partial charge < -0.3 is 0 Å². The Balaban J connectivity index is 2.89. The lowest BCUT2D eigenvalue weighted by Gasteiger charge is -1.89. The molecule has 0 fully saturated rings. The summed E-state index contributed by atoms with van der Waals surface area (Å²) in [5.41, 5.74) is 8.36. The summed E-state index contributed by atoms with van der Waals surface area (Å²) < 4.78 is 0. The zero-order chi connectivity index (χ0) is 8.81. The van der Waals surface area contributed by atoms with Gasteiger partial charge >= 0.3 is 0 Å². The quantitative estimate of drug-likeness (QED) is 0.289. The molecule has 5 nitrogen and oxygen atoms in total. The fourth-order valence-electron chi connectivity index (χ4n) is 0.619. The summed E-state index contributed by atoms with van der Waals surface area (Å²) in [6, 6.07) is 6.87. The first-order chi connectivity index (χ1) is 5.84. The maximum atomic E-state index is 7.89. The largest absolute Gasteiger partial charge is 0.163 e. The van der Waals surface area contributed by atoms with Crippen LogP contribution in [0.4, 0.5) is 5.69 Å². The van der Waals surface area contributed by atoms with E-state index < -0.39 is 0 Å². The minimum absolute atomic E-state index is 0.467. The molecule has 1 aromatic carbocycles. The van der Waals surface area contributed by atoms with Crippen LogP contribution in [0.15, 0.2) is 39.8 Å². The van der Waals surface area contributed by atoms with Gasteiger partial charge in [0.1, 0.15) is 10.9 Å². The van der Waals surface area contributed by atoms with Crippen LogP contribution in [0.3, 0.4) is 0 Å². The van der Waals surface area contributed by atoms with Crippen LogP contribution in [0, 0.1) is 0 Å². The van der Waals surface area contributed by atoms with E-state index in [1.54, 1.807) is 24.3 Å². The van der Waals surface area contributed by atoms with Gasteiger partial charge in [0.15, 0.2) is 0 Å². The smallest absolute Gasteiger partial charge is 0.130 e. The van der Waals surface area contributed by atoms with E-state index in [-0.39, 0.29) is 0 Å². The average molecular weight is 182 g/mol. The molecule has 0 atom stereocenters. The second kappa shape index (κ2) is 4.33. The molecule has 6 heteroatoms. The summed E-state index contributed by atoms with van der Waals surface area (Å²) >= 11 is 5.71. The van der Waals surface area contributed by atoms with Crippen molar-refractivity contribution in [3.05, 3.63) is 39.7 Å². The Morgan fingerprint density at radius 3 is 2.75 bits per heavy atom. The summed E-state index contributed by atoms with van der Waals surface area (Å²) in [4.78, 5) is 2.40. The highest BCUT2D eigenvalue weighted by Gasteiger charge is 1.96. The van der Waals surface area contributed by atoms with Crippen molar-refractivity contribution in [2.75, 3.05) is 0 Å². The summed E-state index contributed by atoms with van der Waals surface area (Å²) in [6.07, 6.45) is 0. The van der Waals surface area contributed by atoms with Gasteiger partial charge in [-0.1, -0.05) is 23.7 Å². The average Bonchev–Trinajstić information content (AvgIpc) is 2.09. The van der Waals surface area contributed by atoms with Crippen LogP contribution in [-0.2, 0) is 0 Å². The van der Waals surface area contributed by atoms with Crippen molar-refractivity contribution in [3.8, 4) is 0 Å². The van der Waals surface area contributed by atoms with Gasteiger partial charge in [-0.05, 0) is 17.2 Å². The molecule has 0 aliphatic rings. The number of nitrogens with zero attached hydrogens (tertiary/aromatic N) is 5. The summed E-state index contributed by atoms with van der Waals surface area (Å²) in [7, 11) is 0. The van der Waals surface area contributed by atoms with Gasteiger partial charge in [-0.25, -0.2) is 0 Å². The molecular weight excluding hydrogens is 178 g/mol. The Morgan fingerprint density at radius 1 is 1.33 bits per heavy atom. The van der Waals surface area contributed by atoms with Crippen molar-refractivity contribution >= 4 is 17.3 Å². The maximum absolute atomic E-state index is 7.89. The molecule has 60 valence electrons. The third kappa shape index (κ3) is 2.23. The van der Waals surface area contributed by atoms with Crippen molar-refractivity contribution < 1.29 is 0 Å². The third-order valence-electron chi connectivity index (χ3n) is 1.08. The molecule has 0 saturated carbocycles. The minimum atomic E-state index is 0.467. The zero-order valence-corrected chi connectivity index (χ0v) is 6.68. The van der Waals surface area contributed by atoms with E-state index in [9.17, 15) is 0 Å². The molecular formula is C6H4ClN5. The van der Waals surface area contributed by atoms with Crippen molar-refractivity contribution in [3.63, 3.8) is 0 Å². The maximum Gasteiger partial charge on any atom is 0.130 e. The van der Waals surface area contributed by atoms with E-state index in [1.807, 2.05) is 0 Å². The van der Waals surface area contributed by atoms with E-state index in [4.69, 9.17) is 17.1 Å². The Bertz CT molecular complexity index is 342. The van der Waals surface area contributed by atoms with Gasteiger partial charge in [-0.3, -0.25) is 0 Å². The number of azide groups is 1. The van der Waals surface area contributed by atoms with Crippen LogP contribution in [0.2, 0.25) is 5.02 Å². The molecule has 0 aliphatic carbocycles. The highest BCUT2D eigenvalue weighted by Crippen LogP contribution is 2.23. The molecule has 0 spiro atoms. The van der Waals surface area contributed by atoms with Gasteiger partial charge in [0.25, 0.3) is 0 Å². The Kier molecular flexibility index (Phi) is 3.07. The number of hydrogen-bond acceptors (Lipinski definition) is 1. The van der Waals surface area contributed by atoms with Gasteiger partial charge in [0.2, 0.25) is 0 Å². The molecule has 0 unspecified atom stereocenters. The number of hydrogen-bond donors (Lipinski definition) is 0. The summed E-state index contributed by atoms with van der Waals surface area (Å²) in [5.74, 6) is 0. The number of rotatable bonds is 2. The fourth-order valence-corrected chi connectivity index (χ4v) is 0.792. The summed E-state index contributed by atoms with van der Waals surface area (Å²) in [5, 5.41) is 10.1. The van der Waals surface area contributed by atoms with Crippen molar-refractivity contribution in [2.24, 2.45) is 15.6 Å².